The van der Waals surface area contributed by atoms with Gasteiger partial charge in [0, 0.05) is 17.3 Å². The molecule has 0 heterocycles. The van der Waals surface area contributed by atoms with E-state index in [-0.39, 0.29) is 5.69 Å². The predicted octanol–water partition coefficient (Wildman–Crippen LogP) is 2.12. The summed E-state index contributed by atoms with van der Waals surface area (Å²) in [5, 5.41) is 21.7. The fourth-order valence-electron chi connectivity index (χ4n) is 1.83. The summed E-state index contributed by atoms with van der Waals surface area (Å²) in [4.78, 5) is 29.7. The van der Waals surface area contributed by atoms with Crippen molar-refractivity contribution in [2.45, 2.75) is 4.90 Å². The van der Waals surface area contributed by atoms with Gasteiger partial charge in [0.25, 0.3) is 21.4 Å². The number of rotatable bonds is 6. The first-order chi connectivity index (χ1) is 11.2. The Balaban J connectivity index is 2.45. The first-order valence-electron chi connectivity index (χ1n) is 6.25. The Hall–Kier alpha value is -3.34. The molecule has 2 aromatic rings. The SMILES string of the molecule is O=Cc1ccc(NS(=O)(=O)c2ccc([N+](=O)[O-])cc2[N+](=O)[O-])cc1. The van der Waals surface area contributed by atoms with Crippen LogP contribution in [0.2, 0.25) is 0 Å². The molecule has 2 rings (SSSR count). The normalized spacial score (nSPS) is 10.8. The highest BCUT2D eigenvalue weighted by Crippen LogP contribution is 2.29. The molecule has 0 aliphatic carbocycles. The van der Waals surface area contributed by atoms with Gasteiger partial charge in [-0.3, -0.25) is 29.7 Å². The second kappa shape index (κ2) is 6.42. The second-order valence-electron chi connectivity index (χ2n) is 4.51. The molecule has 0 radical (unpaired) electrons. The van der Waals surface area contributed by atoms with Crippen LogP contribution in [0.3, 0.4) is 0 Å². The van der Waals surface area contributed by atoms with Crippen molar-refractivity contribution in [2.75, 3.05) is 4.72 Å². The largest absolute Gasteiger partial charge is 0.298 e. The van der Waals surface area contributed by atoms with E-state index in [2.05, 4.69) is 4.72 Å². The Labute approximate surface area is 135 Å². The molecule has 0 aliphatic rings. The van der Waals surface area contributed by atoms with Gasteiger partial charge >= 0.3 is 0 Å². The van der Waals surface area contributed by atoms with Crippen LogP contribution in [0.5, 0.6) is 0 Å². The van der Waals surface area contributed by atoms with Gasteiger partial charge in [0.2, 0.25) is 0 Å². The van der Waals surface area contributed by atoms with Gasteiger partial charge < -0.3 is 0 Å². The van der Waals surface area contributed by atoms with Gasteiger partial charge in [0.05, 0.1) is 15.9 Å². The van der Waals surface area contributed by atoms with E-state index in [1.54, 1.807) is 0 Å². The maximum absolute atomic E-state index is 12.3. The summed E-state index contributed by atoms with van der Waals surface area (Å²) in [6.07, 6.45) is 0.569. The highest BCUT2D eigenvalue weighted by Gasteiger charge is 2.28. The zero-order valence-electron chi connectivity index (χ0n) is 11.8. The molecule has 0 fully saturated rings. The first-order valence-corrected chi connectivity index (χ1v) is 7.74. The molecule has 1 N–H and O–H groups in total. The van der Waals surface area contributed by atoms with Gasteiger partial charge in [-0.25, -0.2) is 8.42 Å². The number of aldehydes is 1. The molecule has 0 unspecified atom stereocenters. The highest BCUT2D eigenvalue weighted by atomic mass is 32.2. The van der Waals surface area contributed by atoms with Crippen molar-refractivity contribution < 1.29 is 23.1 Å². The summed E-state index contributed by atoms with van der Waals surface area (Å²) >= 11 is 0. The van der Waals surface area contributed by atoms with E-state index in [1.807, 2.05) is 0 Å². The number of nitro groups is 2. The minimum Gasteiger partial charge on any atom is -0.298 e. The quantitative estimate of drug-likeness (QED) is 0.475. The molecule has 0 aliphatic heterocycles. The zero-order valence-corrected chi connectivity index (χ0v) is 12.6. The molecule has 0 atom stereocenters. The van der Waals surface area contributed by atoms with Crippen LogP contribution in [0.4, 0.5) is 17.1 Å². The van der Waals surface area contributed by atoms with Crippen LogP contribution in [0.25, 0.3) is 0 Å². The lowest BCUT2D eigenvalue weighted by Gasteiger charge is -2.08. The van der Waals surface area contributed by atoms with Gasteiger partial charge in [-0.2, -0.15) is 0 Å². The van der Waals surface area contributed by atoms with Crippen LogP contribution in [-0.4, -0.2) is 24.6 Å². The van der Waals surface area contributed by atoms with Crippen molar-refractivity contribution >= 4 is 33.4 Å². The molecule has 0 bridgehead atoms. The van der Waals surface area contributed by atoms with Crippen molar-refractivity contribution in [1.82, 2.24) is 0 Å². The van der Waals surface area contributed by atoms with Gasteiger partial charge in [-0.1, -0.05) is 0 Å². The summed E-state index contributed by atoms with van der Waals surface area (Å²) in [7, 11) is -4.35. The first kappa shape index (κ1) is 17.0. The fourth-order valence-corrected chi connectivity index (χ4v) is 3.04. The highest BCUT2D eigenvalue weighted by molar-refractivity contribution is 7.92. The Morgan fingerprint density at radius 3 is 2.08 bits per heavy atom. The average molecular weight is 351 g/mol. The van der Waals surface area contributed by atoms with Gasteiger partial charge in [0.1, 0.15) is 6.29 Å². The van der Waals surface area contributed by atoms with E-state index in [0.29, 0.717) is 17.9 Å². The van der Waals surface area contributed by atoms with Crippen LogP contribution in [0, 0.1) is 20.2 Å². The van der Waals surface area contributed by atoms with E-state index in [0.717, 1.165) is 12.1 Å². The minimum absolute atomic E-state index is 0.0771. The summed E-state index contributed by atoms with van der Waals surface area (Å²) in [5.74, 6) is 0. The smallest absolute Gasteiger partial charge is 0.296 e. The van der Waals surface area contributed by atoms with Crippen LogP contribution < -0.4 is 4.72 Å². The van der Waals surface area contributed by atoms with E-state index in [4.69, 9.17) is 0 Å². The molecular weight excluding hydrogens is 342 g/mol. The maximum Gasteiger partial charge on any atom is 0.296 e. The number of nitrogens with one attached hydrogen (secondary N) is 1. The molecule has 11 heteroatoms. The number of non-ortho nitro benzene ring substituents is 1. The van der Waals surface area contributed by atoms with Crippen molar-refractivity contribution in [3.8, 4) is 0 Å². The molecule has 0 saturated carbocycles. The number of nitrogens with zero attached hydrogens (tertiary/aromatic N) is 2. The lowest BCUT2D eigenvalue weighted by atomic mass is 10.2. The average Bonchev–Trinajstić information content (AvgIpc) is 2.54. The minimum atomic E-state index is -4.35. The molecule has 0 aromatic heterocycles. The number of hydrogen-bond donors (Lipinski definition) is 1. The van der Waals surface area contributed by atoms with Crippen LogP contribution >= 0.6 is 0 Å². The number of anilines is 1. The number of sulfonamides is 1. The molecule has 124 valence electrons. The van der Waals surface area contributed by atoms with Crippen molar-refractivity contribution in [3.05, 3.63) is 68.3 Å². The van der Waals surface area contributed by atoms with E-state index < -0.39 is 36.1 Å². The van der Waals surface area contributed by atoms with Crippen LogP contribution in [-0.2, 0) is 10.0 Å². The van der Waals surface area contributed by atoms with E-state index in [9.17, 15) is 33.4 Å². The molecule has 0 amide bonds. The predicted molar refractivity (Wildman–Crippen MR) is 82.4 cm³/mol. The van der Waals surface area contributed by atoms with Crippen LogP contribution in [0.1, 0.15) is 10.4 Å². The summed E-state index contributed by atoms with van der Waals surface area (Å²) in [6.45, 7) is 0. The molecular formula is C13H9N3O7S. The molecule has 2 aromatic carbocycles. The maximum atomic E-state index is 12.3. The monoisotopic (exact) mass is 351 g/mol. The summed E-state index contributed by atoms with van der Waals surface area (Å²) in [5.41, 5.74) is -1.12. The Morgan fingerprint density at radius 2 is 1.58 bits per heavy atom. The third-order valence-corrected chi connectivity index (χ3v) is 4.37. The third-order valence-electron chi connectivity index (χ3n) is 2.94. The third kappa shape index (κ3) is 3.52. The van der Waals surface area contributed by atoms with E-state index >= 15 is 0 Å². The van der Waals surface area contributed by atoms with Gasteiger partial charge in [-0.15, -0.1) is 0 Å². The second-order valence-corrected chi connectivity index (χ2v) is 6.16. The number of benzene rings is 2. The van der Waals surface area contributed by atoms with Gasteiger partial charge in [-0.05, 0) is 30.3 Å². The molecule has 0 saturated heterocycles. The topological polar surface area (TPSA) is 150 Å². The number of nitro benzene ring substituents is 2. The number of carbonyl (C=O) groups excluding carboxylic acids is 1. The number of hydrogen-bond acceptors (Lipinski definition) is 7. The lowest BCUT2D eigenvalue weighted by molar-refractivity contribution is -0.396. The fraction of sp³-hybridized carbons (Fsp3) is 0. The van der Waals surface area contributed by atoms with Crippen molar-refractivity contribution in [2.24, 2.45) is 0 Å². The zero-order chi connectivity index (χ0) is 17.9. The Bertz CT molecular complexity index is 923. The standard InChI is InChI=1S/C13H9N3O7S/c17-8-9-1-3-10(4-2-9)14-24(22,23)13-6-5-11(15(18)19)7-12(13)16(20)21/h1-8,14H. The number of carbonyl (C=O) groups is 1. The van der Waals surface area contributed by atoms with Gasteiger partial charge in [0.15, 0.2) is 4.90 Å². The lowest BCUT2D eigenvalue weighted by Crippen LogP contribution is -2.15. The van der Waals surface area contributed by atoms with Crippen LogP contribution in [0.15, 0.2) is 47.4 Å². The van der Waals surface area contributed by atoms with Crippen molar-refractivity contribution in [3.63, 3.8) is 0 Å². The molecule has 24 heavy (non-hydrogen) atoms. The Kier molecular flexibility index (Phi) is 4.55. The summed E-state index contributed by atoms with van der Waals surface area (Å²) in [6, 6.07) is 7.54. The Morgan fingerprint density at radius 1 is 0.958 bits per heavy atom. The molecule has 10 nitrogen and oxygen atoms in total. The summed E-state index contributed by atoms with van der Waals surface area (Å²) < 4.78 is 26.7. The van der Waals surface area contributed by atoms with E-state index in [1.165, 1.54) is 24.3 Å². The molecule has 0 spiro atoms. The van der Waals surface area contributed by atoms with Crippen molar-refractivity contribution in [1.29, 1.82) is 0 Å².